The van der Waals surface area contributed by atoms with E-state index in [0.717, 1.165) is 5.56 Å². The van der Waals surface area contributed by atoms with Gasteiger partial charge in [0.1, 0.15) is 18.7 Å². The molecule has 0 aliphatic heterocycles. The van der Waals surface area contributed by atoms with Gasteiger partial charge in [-0.05, 0) is 13.0 Å². The Morgan fingerprint density at radius 2 is 2.17 bits per heavy atom. The molecule has 1 aromatic carbocycles. The molecule has 18 heavy (non-hydrogen) atoms. The molecule has 0 bridgehead atoms. The number of aromatic nitrogens is 3. The quantitative estimate of drug-likeness (QED) is 0.704. The summed E-state index contributed by atoms with van der Waals surface area (Å²) in [6, 6.07) is 5.23. The monoisotopic (exact) mass is 247 g/mol. The minimum Gasteiger partial charge on any atom is -0.486 e. The van der Waals surface area contributed by atoms with Gasteiger partial charge in [0.25, 0.3) is 0 Å². The van der Waals surface area contributed by atoms with Crippen LogP contribution in [0.4, 0.5) is 0 Å². The summed E-state index contributed by atoms with van der Waals surface area (Å²) >= 11 is 0. The molecular weight excluding hydrogens is 233 g/mol. The van der Waals surface area contributed by atoms with Gasteiger partial charge in [0.2, 0.25) is 0 Å². The maximum Gasteiger partial charge on any atom is 0.492 e. The van der Waals surface area contributed by atoms with Gasteiger partial charge in [-0.1, -0.05) is 17.7 Å². The van der Waals surface area contributed by atoms with Crippen LogP contribution in [0.15, 0.2) is 24.5 Å². The summed E-state index contributed by atoms with van der Waals surface area (Å²) in [5.74, 6) is 1.09. The van der Waals surface area contributed by atoms with Crippen LogP contribution in [-0.2, 0) is 13.7 Å². The summed E-state index contributed by atoms with van der Waals surface area (Å²) < 4.78 is 7.14. The summed E-state index contributed by atoms with van der Waals surface area (Å²) in [5.41, 5.74) is 1.28. The zero-order valence-corrected chi connectivity index (χ0v) is 10.2. The van der Waals surface area contributed by atoms with E-state index in [2.05, 4.69) is 10.1 Å². The van der Waals surface area contributed by atoms with Gasteiger partial charge in [-0.15, -0.1) is 0 Å². The van der Waals surface area contributed by atoms with E-state index < -0.39 is 7.12 Å². The fraction of sp³-hybridized carbons (Fsp3) is 0.273. The first-order valence-corrected chi connectivity index (χ1v) is 5.50. The van der Waals surface area contributed by atoms with Crippen LogP contribution in [0.1, 0.15) is 11.4 Å². The first-order chi connectivity index (χ1) is 8.58. The molecule has 0 fully saturated rings. The van der Waals surface area contributed by atoms with Crippen molar-refractivity contribution < 1.29 is 14.8 Å². The number of hydrogen-bond donors (Lipinski definition) is 2. The van der Waals surface area contributed by atoms with Gasteiger partial charge in [-0.2, -0.15) is 5.10 Å². The lowest BCUT2D eigenvalue weighted by molar-refractivity contribution is 0.290. The Morgan fingerprint density at radius 1 is 1.39 bits per heavy atom. The molecule has 2 N–H and O–H groups in total. The molecule has 0 radical (unpaired) electrons. The van der Waals surface area contributed by atoms with Gasteiger partial charge in [-0.25, -0.2) is 4.98 Å². The average molecular weight is 247 g/mol. The second-order valence-corrected chi connectivity index (χ2v) is 4.00. The van der Waals surface area contributed by atoms with Gasteiger partial charge in [0, 0.05) is 12.5 Å². The highest BCUT2D eigenvalue weighted by molar-refractivity contribution is 6.59. The van der Waals surface area contributed by atoms with E-state index in [9.17, 15) is 10.0 Å². The average Bonchev–Trinajstić information content (AvgIpc) is 2.73. The van der Waals surface area contributed by atoms with Crippen LogP contribution in [0, 0.1) is 6.92 Å². The van der Waals surface area contributed by atoms with Crippen LogP contribution >= 0.6 is 0 Å². The van der Waals surface area contributed by atoms with Crippen molar-refractivity contribution in [1.82, 2.24) is 14.8 Å². The molecule has 0 amide bonds. The van der Waals surface area contributed by atoms with Gasteiger partial charge in [0.15, 0.2) is 5.82 Å². The highest BCUT2D eigenvalue weighted by Crippen LogP contribution is 2.11. The van der Waals surface area contributed by atoms with E-state index in [0.29, 0.717) is 17.0 Å². The normalized spacial score (nSPS) is 10.4. The van der Waals surface area contributed by atoms with Crippen LogP contribution in [0.5, 0.6) is 5.75 Å². The van der Waals surface area contributed by atoms with Crippen molar-refractivity contribution in [1.29, 1.82) is 0 Å². The van der Waals surface area contributed by atoms with Crippen molar-refractivity contribution in [2.75, 3.05) is 0 Å². The fourth-order valence-electron chi connectivity index (χ4n) is 1.59. The molecule has 0 spiro atoms. The van der Waals surface area contributed by atoms with Gasteiger partial charge in [0.05, 0.1) is 0 Å². The topological polar surface area (TPSA) is 80.4 Å². The zero-order chi connectivity index (χ0) is 13.1. The highest BCUT2D eigenvalue weighted by Gasteiger charge is 2.17. The van der Waals surface area contributed by atoms with Gasteiger partial charge < -0.3 is 14.8 Å². The lowest BCUT2D eigenvalue weighted by atomic mass is 9.79. The lowest BCUT2D eigenvalue weighted by Gasteiger charge is -2.11. The van der Waals surface area contributed by atoms with E-state index in [1.165, 1.54) is 6.33 Å². The van der Waals surface area contributed by atoms with E-state index >= 15 is 0 Å². The molecule has 0 saturated heterocycles. The summed E-state index contributed by atoms with van der Waals surface area (Å²) in [6.07, 6.45) is 1.44. The Hall–Kier alpha value is -1.86. The summed E-state index contributed by atoms with van der Waals surface area (Å²) in [7, 11) is 0.210. The summed E-state index contributed by atoms with van der Waals surface area (Å²) in [6.45, 7) is 2.09. The van der Waals surface area contributed by atoms with Crippen molar-refractivity contribution in [3.63, 3.8) is 0 Å². The summed E-state index contributed by atoms with van der Waals surface area (Å²) in [4.78, 5) is 4.02. The molecular formula is C11H14BN3O3. The maximum absolute atomic E-state index is 9.28. The predicted molar refractivity (Wildman–Crippen MR) is 66.3 cm³/mol. The molecule has 0 unspecified atom stereocenters. The number of rotatable bonds is 4. The van der Waals surface area contributed by atoms with E-state index in [4.69, 9.17) is 4.74 Å². The third-order valence-corrected chi connectivity index (χ3v) is 2.61. The van der Waals surface area contributed by atoms with Crippen LogP contribution in [0.2, 0.25) is 0 Å². The van der Waals surface area contributed by atoms with Crippen molar-refractivity contribution in [2.45, 2.75) is 13.5 Å². The molecule has 1 heterocycles. The second kappa shape index (κ2) is 5.20. The predicted octanol–water partition coefficient (Wildman–Crippen LogP) is -0.618. The van der Waals surface area contributed by atoms with Crippen LogP contribution in [0.3, 0.4) is 0 Å². The SMILES string of the molecule is Cc1ccc(OCc2ncnn2C)c(B(O)O)c1. The third kappa shape index (κ3) is 2.69. The maximum atomic E-state index is 9.28. The molecule has 2 rings (SSSR count). The standard InChI is InChI=1S/C11H14BN3O3/c1-8-3-4-10(9(5-8)12(16)17)18-6-11-13-7-14-15(11)2/h3-5,7,16-17H,6H2,1-2H3. The smallest absolute Gasteiger partial charge is 0.486 e. The minimum absolute atomic E-state index is 0.222. The van der Waals surface area contributed by atoms with Crippen molar-refractivity contribution in [3.05, 3.63) is 35.9 Å². The third-order valence-electron chi connectivity index (χ3n) is 2.61. The first-order valence-electron chi connectivity index (χ1n) is 5.50. The largest absolute Gasteiger partial charge is 0.492 e. The fourth-order valence-corrected chi connectivity index (χ4v) is 1.59. The van der Waals surface area contributed by atoms with E-state index in [1.807, 2.05) is 13.0 Å². The molecule has 0 aliphatic carbocycles. The molecule has 2 aromatic rings. The van der Waals surface area contributed by atoms with Crippen molar-refractivity contribution >= 4 is 12.6 Å². The molecule has 1 aromatic heterocycles. The lowest BCUT2D eigenvalue weighted by Crippen LogP contribution is -2.31. The Morgan fingerprint density at radius 3 is 2.78 bits per heavy atom. The van der Waals surface area contributed by atoms with Gasteiger partial charge in [-0.3, -0.25) is 4.68 Å². The van der Waals surface area contributed by atoms with Crippen LogP contribution in [0.25, 0.3) is 0 Å². The van der Waals surface area contributed by atoms with Gasteiger partial charge >= 0.3 is 7.12 Å². The number of nitrogens with zero attached hydrogens (tertiary/aromatic N) is 3. The molecule has 0 atom stereocenters. The minimum atomic E-state index is -1.56. The van der Waals surface area contributed by atoms with Crippen molar-refractivity contribution in [2.24, 2.45) is 7.05 Å². The van der Waals surface area contributed by atoms with Crippen LogP contribution < -0.4 is 10.2 Å². The molecule has 94 valence electrons. The molecule has 0 aliphatic rings. The van der Waals surface area contributed by atoms with Crippen molar-refractivity contribution in [3.8, 4) is 5.75 Å². The number of benzene rings is 1. The Labute approximate surface area is 105 Å². The first kappa shape index (κ1) is 12.6. The summed E-state index contributed by atoms with van der Waals surface area (Å²) in [5, 5.41) is 22.5. The molecule has 7 heteroatoms. The molecule has 0 saturated carbocycles. The number of hydrogen-bond acceptors (Lipinski definition) is 5. The number of ether oxygens (including phenoxy) is 1. The van der Waals surface area contributed by atoms with E-state index in [-0.39, 0.29) is 6.61 Å². The Balaban J connectivity index is 2.16. The van der Waals surface area contributed by atoms with Crippen LogP contribution in [-0.4, -0.2) is 31.9 Å². The zero-order valence-electron chi connectivity index (χ0n) is 10.2. The highest BCUT2D eigenvalue weighted by atomic mass is 16.5. The number of aryl methyl sites for hydroxylation is 2. The van der Waals surface area contributed by atoms with E-state index in [1.54, 1.807) is 23.9 Å². The molecule has 6 nitrogen and oxygen atoms in total. The Bertz CT molecular complexity index is 542. The Kier molecular flexibility index (Phi) is 3.64. The second-order valence-electron chi connectivity index (χ2n) is 4.00.